The summed E-state index contributed by atoms with van der Waals surface area (Å²) >= 11 is 0. The van der Waals surface area contributed by atoms with Crippen LogP contribution in [0.2, 0.25) is 0 Å². The van der Waals surface area contributed by atoms with Gasteiger partial charge in [0.05, 0.1) is 24.3 Å². The Balaban J connectivity index is 1.37. The molecule has 2 amide bonds. The van der Waals surface area contributed by atoms with Crippen LogP contribution in [0.1, 0.15) is 45.7 Å². The van der Waals surface area contributed by atoms with Gasteiger partial charge in [-0.2, -0.15) is 5.10 Å². The summed E-state index contributed by atoms with van der Waals surface area (Å²) in [6.07, 6.45) is 2.23. The number of carbonyl (C=O) groups excluding carboxylic acids is 2. The lowest BCUT2D eigenvalue weighted by molar-refractivity contribution is -0.131. The molecule has 0 atom stereocenters. The van der Waals surface area contributed by atoms with Crippen LogP contribution in [0.25, 0.3) is 0 Å². The molecule has 2 saturated heterocycles. The predicted molar refractivity (Wildman–Crippen MR) is 120 cm³/mol. The van der Waals surface area contributed by atoms with Gasteiger partial charge in [0.25, 0.3) is 5.91 Å². The van der Waals surface area contributed by atoms with Crippen LogP contribution < -0.4 is 0 Å². The van der Waals surface area contributed by atoms with E-state index in [1.54, 1.807) is 0 Å². The van der Waals surface area contributed by atoms with Gasteiger partial charge in [-0.3, -0.25) is 19.2 Å². The van der Waals surface area contributed by atoms with Crippen molar-refractivity contribution in [1.82, 2.24) is 24.5 Å². The molecule has 2 fully saturated rings. The summed E-state index contributed by atoms with van der Waals surface area (Å²) in [5, 5.41) is 4.65. The quantitative estimate of drug-likeness (QED) is 0.740. The highest BCUT2D eigenvalue weighted by Crippen LogP contribution is 2.19. The van der Waals surface area contributed by atoms with Crippen molar-refractivity contribution < 1.29 is 9.59 Å². The first-order valence-corrected chi connectivity index (χ1v) is 11.3. The lowest BCUT2D eigenvalue weighted by Crippen LogP contribution is -2.51. The largest absolute Gasteiger partial charge is 0.342 e. The smallest absolute Gasteiger partial charge is 0.257 e. The van der Waals surface area contributed by atoms with Gasteiger partial charge < -0.3 is 9.80 Å². The fraction of sp³-hybridized carbons (Fsp3) is 0.542. The first kappa shape index (κ1) is 21.6. The topological polar surface area (TPSA) is 61.7 Å². The molecule has 1 aromatic heterocycles. The second-order valence-corrected chi connectivity index (χ2v) is 8.85. The Morgan fingerprint density at radius 2 is 1.52 bits per heavy atom. The first-order valence-electron chi connectivity index (χ1n) is 11.3. The number of likely N-dealkylation sites (tertiary alicyclic amines) is 1. The highest BCUT2D eigenvalue weighted by atomic mass is 16.2. The molecule has 0 aliphatic carbocycles. The van der Waals surface area contributed by atoms with Crippen LogP contribution in [0.3, 0.4) is 0 Å². The molecule has 2 aliphatic heterocycles. The maximum Gasteiger partial charge on any atom is 0.257 e. The van der Waals surface area contributed by atoms with E-state index in [0.29, 0.717) is 31.7 Å². The minimum absolute atomic E-state index is 0.0516. The van der Waals surface area contributed by atoms with Gasteiger partial charge in [0.15, 0.2) is 0 Å². The summed E-state index contributed by atoms with van der Waals surface area (Å²) in [6.45, 7) is 11.6. The van der Waals surface area contributed by atoms with Gasteiger partial charge >= 0.3 is 0 Å². The third-order valence-corrected chi connectivity index (χ3v) is 6.53. The average molecular weight is 424 g/mol. The van der Waals surface area contributed by atoms with Crippen LogP contribution in [0.15, 0.2) is 24.3 Å². The Hall–Kier alpha value is -2.67. The minimum Gasteiger partial charge on any atom is -0.342 e. The van der Waals surface area contributed by atoms with E-state index in [9.17, 15) is 9.59 Å². The van der Waals surface area contributed by atoms with Gasteiger partial charge in [0, 0.05) is 45.0 Å². The maximum atomic E-state index is 13.3. The summed E-state index contributed by atoms with van der Waals surface area (Å²) < 4.78 is 1.93. The third-order valence-electron chi connectivity index (χ3n) is 6.53. The van der Waals surface area contributed by atoms with Crippen LogP contribution in [0.5, 0.6) is 0 Å². The van der Waals surface area contributed by atoms with Crippen LogP contribution in [0, 0.1) is 20.8 Å². The lowest BCUT2D eigenvalue weighted by Gasteiger charge is -2.35. The van der Waals surface area contributed by atoms with E-state index >= 15 is 0 Å². The maximum absolute atomic E-state index is 13.3. The van der Waals surface area contributed by atoms with Crippen LogP contribution in [-0.2, 0) is 11.3 Å². The molecule has 1 aromatic carbocycles. The number of amides is 2. The zero-order chi connectivity index (χ0) is 22.0. The molecule has 31 heavy (non-hydrogen) atoms. The van der Waals surface area contributed by atoms with E-state index in [0.717, 1.165) is 50.4 Å². The average Bonchev–Trinajstić information content (AvgIpc) is 3.39. The van der Waals surface area contributed by atoms with E-state index in [4.69, 9.17) is 0 Å². The molecule has 2 aliphatic rings. The number of benzene rings is 1. The van der Waals surface area contributed by atoms with Crippen molar-refractivity contribution in [2.24, 2.45) is 0 Å². The van der Waals surface area contributed by atoms with E-state index in [2.05, 4.69) is 41.2 Å². The van der Waals surface area contributed by atoms with E-state index in [1.165, 1.54) is 11.1 Å². The van der Waals surface area contributed by atoms with E-state index < -0.39 is 0 Å². The van der Waals surface area contributed by atoms with Crippen molar-refractivity contribution in [3.05, 3.63) is 52.3 Å². The molecule has 166 valence electrons. The normalized spacial score (nSPS) is 17.4. The fourth-order valence-corrected chi connectivity index (χ4v) is 4.55. The summed E-state index contributed by atoms with van der Waals surface area (Å²) in [5.74, 6) is 0.275. The zero-order valence-electron chi connectivity index (χ0n) is 18.9. The number of hydrogen-bond acceptors (Lipinski definition) is 4. The monoisotopic (exact) mass is 423 g/mol. The van der Waals surface area contributed by atoms with Gasteiger partial charge in [-0.1, -0.05) is 29.8 Å². The van der Waals surface area contributed by atoms with Crippen molar-refractivity contribution >= 4 is 11.8 Å². The van der Waals surface area contributed by atoms with Crippen molar-refractivity contribution in [2.45, 2.75) is 40.2 Å². The summed E-state index contributed by atoms with van der Waals surface area (Å²) in [6, 6.07) is 8.41. The predicted octanol–water partition coefficient (Wildman–Crippen LogP) is 2.24. The Labute approximate surface area is 184 Å². The molecule has 0 N–H and O–H groups in total. The molecule has 0 bridgehead atoms. The van der Waals surface area contributed by atoms with E-state index in [-0.39, 0.29) is 11.8 Å². The van der Waals surface area contributed by atoms with Crippen molar-refractivity contribution in [2.75, 3.05) is 45.8 Å². The summed E-state index contributed by atoms with van der Waals surface area (Å²) in [4.78, 5) is 31.7. The molecule has 7 nitrogen and oxygen atoms in total. The number of hydrogen-bond donors (Lipinski definition) is 0. The Morgan fingerprint density at radius 1 is 0.871 bits per heavy atom. The molecule has 0 radical (unpaired) electrons. The zero-order valence-corrected chi connectivity index (χ0v) is 18.9. The molecule has 0 saturated carbocycles. The van der Waals surface area contributed by atoms with Gasteiger partial charge in [-0.25, -0.2) is 0 Å². The number of carbonyl (C=O) groups is 2. The number of aromatic nitrogens is 2. The van der Waals surface area contributed by atoms with Crippen LogP contribution in [0.4, 0.5) is 0 Å². The molecule has 0 spiro atoms. The standard InChI is InChI=1S/C24H33N5O2/c1-18-6-8-21(9-7-18)16-29-20(3)23(19(2)25-29)24(31)28-14-12-26(13-15-28)17-22(30)27-10-4-5-11-27/h6-9H,4-5,10-17H2,1-3H3. The molecule has 3 heterocycles. The Morgan fingerprint density at radius 3 is 2.16 bits per heavy atom. The van der Waals surface area contributed by atoms with Gasteiger partial charge in [-0.15, -0.1) is 0 Å². The van der Waals surface area contributed by atoms with Crippen molar-refractivity contribution in [1.29, 1.82) is 0 Å². The van der Waals surface area contributed by atoms with Gasteiger partial charge in [0.1, 0.15) is 0 Å². The molecular formula is C24H33N5O2. The molecular weight excluding hydrogens is 390 g/mol. The summed E-state index contributed by atoms with van der Waals surface area (Å²) in [5.41, 5.74) is 4.81. The second kappa shape index (κ2) is 9.22. The van der Waals surface area contributed by atoms with Crippen LogP contribution in [-0.4, -0.2) is 82.1 Å². The highest BCUT2D eigenvalue weighted by molar-refractivity contribution is 5.96. The SMILES string of the molecule is Cc1ccc(Cn2nc(C)c(C(=O)N3CCN(CC(=O)N4CCCC4)CC3)c2C)cc1. The van der Waals surface area contributed by atoms with Gasteiger partial charge in [0.2, 0.25) is 5.91 Å². The fourth-order valence-electron chi connectivity index (χ4n) is 4.55. The van der Waals surface area contributed by atoms with Crippen LogP contribution >= 0.6 is 0 Å². The van der Waals surface area contributed by atoms with Crippen molar-refractivity contribution in [3.63, 3.8) is 0 Å². The van der Waals surface area contributed by atoms with E-state index in [1.807, 2.05) is 28.3 Å². The number of aryl methyl sites for hydroxylation is 2. The number of piperazine rings is 1. The van der Waals surface area contributed by atoms with Gasteiger partial charge in [-0.05, 0) is 39.2 Å². The Bertz CT molecular complexity index is 936. The Kier molecular flexibility index (Phi) is 6.41. The van der Waals surface area contributed by atoms with Crippen molar-refractivity contribution in [3.8, 4) is 0 Å². The second-order valence-electron chi connectivity index (χ2n) is 8.85. The minimum atomic E-state index is 0.0516. The third kappa shape index (κ3) is 4.82. The molecule has 7 heteroatoms. The number of nitrogens with zero attached hydrogens (tertiary/aromatic N) is 5. The molecule has 0 unspecified atom stereocenters. The lowest BCUT2D eigenvalue weighted by atomic mass is 10.1. The molecule has 4 rings (SSSR count). The highest BCUT2D eigenvalue weighted by Gasteiger charge is 2.28. The summed E-state index contributed by atoms with van der Waals surface area (Å²) in [7, 11) is 0. The molecule has 2 aromatic rings. The first-order chi connectivity index (χ1) is 14.9. The number of rotatable bonds is 5.